The lowest BCUT2D eigenvalue weighted by Gasteiger charge is -2.22. The van der Waals surface area contributed by atoms with Crippen LogP contribution in [0.4, 0.5) is 5.69 Å². The van der Waals surface area contributed by atoms with E-state index in [0.717, 1.165) is 5.56 Å². The molecule has 0 aliphatic carbocycles. The zero-order chi connectivity index (χ0) is 19.8. The fourth-order valence-electron chi connectivity index (χ4n) is 2.39. The Morgan fingerprint density at radius 1 is 1.22 bits per heavy atom. The Hall–Kier alpha value is -2.88. The van der Waals surface area contributed by atoms with Crippen molar-refractivity contribution in [2.24, 2.45) is 0 Å². The van der Waals surface area contributed by atoms with Gasteiger partial charge in [-0.15, -0.1) is 0 Å². The van der Waals surface area contributed by atoms with E-state index in [9.17, 15) is 9.59 Å². The zero-order valence-corrected chi connectivity index (χ0v) is 15.6. The Bertz CT molecular complexity index is 859. The van der Waals surface area contributed by atoms with Crippen molar-refractivity contribution in [2.45, 2.75) is 20.0 Å². The van der Waals surface area contributed by atoms with Crippen LogP contribution in [0, 0.1) is 18.3 Å². The molecule has 0 spiro atoms. The number of carbonyl (C=O) groups is 2. The number of carbonyl (C=O) groups excluding carboxylic acids is 2. The molecule has 0 saturated carbocycles. The molecular formula is C20H19ClN2O4. The number of anilines is 1. The van der Waals surface area contributed by atoms with Crippen LogP contribution in [0.5, 0.6) is 0 Å². The van der Waals surface area contributed by atoms with E-state index < -0.39 is 18.5 Å². The van der Waals surface area contributed by atoms with E-state index in [0.29, 0.717) is 16.3 Å². The van der Waals surface area contributed by atoms with E-state index in [2.05, 4.69) is 0 Å². The Balaban J connectivity index is 2.07. The van der Waals surface area contributed by atoms with Crippen LogP contribution in [0.3, 0.4) is 0 Å². The molecule has 0 heterocycles. The number of benzene rings is 2. The second-order valence-corrected chi connectivity index (χ2v) is 6.23. The molecule has 0 aliphatic heterocycles. The topological polar surface area (TPSA) is 90.6 Å². The molecule has 0 unspecified atom stereocenters. The van der Waals surface area contributed by atoms with Gasteiger partial charge >= 0.3 is 5.97 Å². The molecule has 1 N–H and O–H groups in total. The SMILES string of the molecule is Cc1cc(N(CCC#N)C(=O)COC(=O)c2ccc(CO)cc2)ccc1Cl. The highest BCUT2D eigenvalue weighted by Gasteiger charge is 2.18. The van der Waals surface area contributed by atoms with Crippen LogP contribution < -0.4 is 4.90 Å². The van der Waals surface area contributed by atoms with Crippen LogP contribution in [-0.4, -0.2) is 30.1 Å². The van der Waals surface area contributed by atoms with Crippen molar-refractivity contribution >= 4 is 29.2 Å². The highest BCUT2D eigenvalue weighted by Crippen LogP contribution is 2.23. The number of hydrogen-bond acceptors (Lipinski definition) is 5. The average molecular weight is 387 g/mol. The Morgan fingerprint density at radius 2 is 1.93 bits per heavy atom. The third-order valence-electron chi connectivity index (χ3n) is 3.90. The molecule has 2 rings (SSSR count). The van der Waals surface area contributed by atoms with Gasteiger partial charge in [0, 0.05) is 17.3 Å². The van der Waals surface area contributed by atoms with Gasteiger partial charge in [0.05, 0.1) is 24.7 Å². The molecule has 0 aliphatic rings. The quantitative estimate of drug-likeness (QED) is 0.737. The van der Waals surface area contributed by atoms with Gasteiger partial charge in [0.15, 0.2) is 6.61 Å². The van der Waals surface area contributed by atoms with Gasteiger partial charge in [-0.3, -0.25) is 4.79 Å². The molecule has 27 heavy (non-hydrogen) atoms. The summed E-state index contributed by atoms with van der Waals surface area (Å²) in [5.41, 5.74) is 2.33. The van der Waals surface area contributed by atoms with E-state index in [1.54, 1.807) is 30.3 Å². The number of aryl methyl sites for hydroxylation is 1. The van der Waals surface area contributed by atoms with Crippen molar-refractivity contribution in [2.75, 3.05) is 18.1 Å². The van der Waals surface area contributed by atoms with Crippen molar-refractivity contribution in [3.05, 3.63) is 64.2 Å². The van der Waals surface area contributed by atoms with Gasteiger partial charge in [0.2, 0.25) is 0 Å². The summed E-state index contributed by atoms with van der Waals surface area (Å²) < 4.78 is 5.10. The molecular weight excluding hydrogens is 368 g/mol. The van der Waals surface area contributed by atoms with Gasteiger partial charge in [-0.1, -0.05) is 23.7 Å². The maximum atomic E-state index is 12.6. The summed E-state index contributed by atoms with van der Waals surface area (Å²) in [6.45, 7) is 1.42. The predicted molar refractivity (Wildman–Crippen MR) is 101 cm³/mol. The largest absolute Gasteiger partial charge is 0.452 e. The Kier molecular flexibility index (Phi) is 7.35. The van der Waals surface area contributed by atoms with Crippen molar-refractivity contribution in [1.29, 1.82) is 5.26 Å². The molecule has 2 aromatic carbocycles. The van der Waals surface area contributed by atoms with Crippen molar-refractivity contribution < 1.29 is 19.4 Å². The van der Waals surface area contributed by atoms with Crippen LogP contribution in [0.2, 0.25) is 5.02 Å². The summed E-state index contributed by atoms with van der Waals surface area (Å²) in [6, 6.07) is 13.4. The predicted octanol–water partition coefficient (Wildman–Crippen LogP) is 3.24. The van der Waals surface area contributed by atoms with Gasteiger partial charge in [-0.25, -0.2) is 4.79 Å². The molecule has 140 valence electrons. The molecule has 2 aromatic rings. The van der Waals surface area contributed by atoms with Crippen LogP contribution in [0.15, 0.2) is 42.5 Å². The number of rotatable bonds is 7. The lowest BCUT2D eigenvalue weighted by atomic mass is 10.1. The molecule has 0 saturated heterocycles. The second-order valence-electron chi connectivity index (χ2n) is 5.82. The minimum absolute atomic E-state index is 0.123. The Morgan fingerprint density at radius 3 is 2.52 bits per heavy atom. The first-order valence-electron chi connectivity index (χ1n) is 8.26. The number of nitrogens with zero attached hydrogens (tertiary/aromatic N) is 2. The number of ether oxygens (including phenoxy) is 1. The first-order valence-corrected chi connectivity index (χ1v) is 8.64. The fourth-order valence-corrected chi connectivity index (χ4v) is 2.51. The lowest BCUT2D eigenvalue weighted by Crippen LogP contribution is -2.35. The zero-order valence-electron chi connectivity index (χ0n) is 14.8. The highest BCUT2D eigenvalue weighted by atomic mass is 35.5. The number of aliphatic hydroxyl groups is 1. The van der Waals surface area contributed by atoms with Crippen LogP contribution in [0.1, 0.15) is 27.9 Å². The number of aliphatic hydroxyl groups excluding tert-OH is 1. The number of hydrogen-bond donors (Lipinski definition) is 1. The molecule has 6 nitrogen and oxygen atoms in total. The minimum atomic E-state index is -0.639. The number of nitriles is 1. The van der Waals surface area contributed by atoms with Gasteiger partial charge in [0.25, 0.3) is 5.91 Å². The summed E-state index contributed by atoms with van der Waals surface area (Å²) in [5, 5.41) is 18.4. The maximum Gasteiger partial charge on any atom is 0.338 e. The van der Waals surface area contributed by atoms with Gasteiger partial charge < -0.3 is 14.7 Å². The maximum absolute atomic E-state index is 12.6. The average Bonchev–Trinajstić information content (AvgIpc) is 2.69. The van der Waals surface area contributed by atoms with Crippen LogP contribution in [-0.2, 0) is 16.1 Å². The minimum Gasteiger partial charge on any atom is -0.452 e. The summed E-state index contributed by atoms with van der Waals surface area (Å²) in [7, 11) is 0. The van der Waals surface area contributed by atoms with Crippen molar-refractivity contribution in [1.82, 2.24) is 0 Å². The second kappa shape index (κ2) is 9.72. The third kappa shape index (κ3) is 5.55. The fraction of sp³-hybridized carbons (Fsp3) is 0.250. The van der Waals surface area contributed by atoms with Crippen molar-refractivity contribution in [3.63, 3.8) is 0 Å². The number of amides is 1. The summed E-state index contributed by atoms with van der Waals surface area (Å²) in [6.07, 6.45) is 0.143. The first kappa shape index (κ1) is 20.4. The number of esters is 1. The molecule has 1 amide bonds. The standard InChI is InChI=1S/C20H19ClN2O4/c1-14-11-17(7-8-18(14)21)23(10-2-9-22)19(25)13-27-20(26)16-5-3-15(12-24)4-6-16/h3-8,11,24H,2,10,12-13H2,1H3. The van der Waals surface area contributed by atoms with Gasteiger partial charge in [-0.2, -0.15) is 5.26 Å². The lowest BCUT2D eigenvalue weighted by molar-refractivity contribution is -0.121. The molecule has 0 aromatic heterocycles. The summed E-state index contributed by atoms with van der Waals surface area (Å²) >= 11 is 6.02. The smallest absolute Gasteiger partial charge is 0.338 e. The highest BCUT2D eigenvalue weighted by molar-refractivity contribution is 6.31. The van der Waals surface area contributed by atoms with Crippen LogP contribution in [0.25, 0.3) is 0 Å². The molecule has 0 fully saturated rings. The van der Waals surface area contributed by atoms with Gasteiger partial charge in [0.1, 0.15) is 0 Å². The summed E-state index contributed by atoms with van der Waals surface area (Å²) in [4.78, 5) is 26.0. The normalized spacial score (nSPS) is 10.1. The molecule has 0 radical (unpaired) electrons. The number of halogens is 1. The van der Waals surface area contributed by atoms with E-state index in [1.807, 2.05) is 13.0 Å². The monoisotopic (exact) mass is 386 g/mol. The van der Waals surface area contributed by atoms with E-state index >= 15 is 0 Å². The summed E-state index contributed by atoms with van der Waals surface area (Å²) in [5.74, 6) is -1.08. The van der Waals surface area contributed by atoms with Gasteiger partial charge in [-0.05, 0) is 48.4 Å². The molecule has 0 atom stereocenters. The van der Waals surface area contributed by atoms with E-state index in [4.69, 9.17) is 26.7 Å². The van der Waals surface area contributed by atoms with E-state index in [1.165, 1.54) is 17.0 Å². The van der Waals surface area contributed by atoms with Crippen molar-refractivity contribution in [3.8, 4) is 6.07 Å². The molecule has 0 bridgehead atoms. The van der Waals surface area contributed by atoms with E-state index in [-0.39, 0.29) is 25.1 Å². The molecule has 7 heteroatoms. The van der Waals surface area contributed by atoms with Crippen LogP contribution >= 0.6 is 11.6 Å². The third-order valence-corrected chi connectivity index (χ3v) is 4.32. The Labute approximate surface area is 162 Å². The first-order chi connectivity index (χ1) is 13.0.